The number of hydrogen-bond acceptors (Lipinski definition) is 5. The average Bonchev–Trinajstić information content (AvgIpc) is 2.60. The molecule has 2 N–H and O–H groups in total. The maximum atomic E-state index is 12.3. The van der Waals surface area contributed by atoms with E-state index in [9.17, 15) is 9.59 Å². The van der Waals surface area contributed by atoms with Gasteiger partial charge in [-0.3, -0.25) is 9.59 Å². The van der Waals surface area contributed by atoms with Crippen molar-refractivity contribution in [1.82, 2.24) is 15.5 Å². The summed E-state index contributed by atoms with van der Waals surface area (Å²) in [5.74, 6) is 0.588. The number of rotatable bonds is 6. The van der Waals surface area contributed by atoms with Gasteiger partial charge in [0.05, 0.1) is 5.92 Å². The van der Waals surface area contributed by atoms with Gasteiger partial charge in [0.15, 0.2) is 5.82 Å². The van der Waals surface area contributed by atoms with Crippen LogP contribution in [0.3, 0.4) is 0 Å². The molecule has 0 spiro atoms. The summed E-state index contributed by atoms with van der Waals surface area (Å²) in [5, 5.41) is 13.6. The summed E-state index contributed by atoms with van der Waals surface area (Å²) in [6.07, 6.45) is 2.52. The Bertz CT molecular complexity index is 727. The summed E-state index contributed by atoms with van der Waals surface area (Å²) in [7, 11) is 0. The SMILES string of the molecule is CCCNC(=O)c1ccc(NC(=O)C2CN(c3cccnn3)C2)cc1. The van der Waals surface area contributed by atoms with E-state index in [1.165, 1.54) is 0 Å². The monoisotopic (exact) mass is 339 g/mol. The van der Waals surface area contributed by atoms with Gasteiger partial charge in [0.1, 0.15) is 0 Å². The van der Waals surface area contributed by atoms with Gasteiger partial charge in [-0.25, -0.2) is 0 Å². The largest absolute Gasteiger partial charge is 0.353 e. The van der Waals surface area contributed by atoms with E-state index >= 15 is 0 Å². The zero-order valence-electron chi connectivity index (χ0n) is 14.1. The molecule has 0 aliphatic carbocycles. The Labute approximate surface area is 146 Å². The quantitative estimate of drug-likeness (QED) is 0.836. The van der Waals surface area contributed by atoms with Crippen molar-refractivity contribution in [3.63, 3.8) is 0 Å². The molecule has 1 aliphatic rings. The molecule has 1 aromatic carbocycles. The molecule has 25 heavy (non-hydrogen) atoms. The topological polar surface area (TPSA) is 87.2 Å². The van der Waals surface area contributed by atoms with Crippen LogP contribution in [0.15, 0.2) is 42.6 Å². The van der Waals surface area contributed by atoms with Gasteiger partial charge in [0.2, 0.25) is 5.91 Å². The standard InChI is InChI=1S/C18H21N5O2/c1-2-9-19-17(24)13-5-7-15(8-6-13)21-18(25)14-11-23(12-14)16-4-3-10-20-22-16/h3-8,10,14H,2,9,11-12H2,1H3,(H,19,24)(H,21,25). The summed E-state index contributed by atoms with van der Waals surface area (Å²) in [5.41, 5.74) is 1.28. The van der Waals surface area contributed by atoms with Crippen LogP contribution >= 0.6 is 0 Å². The van der Waals surface area contributed by atoms with Gasteiger partial charge in [-0.05, 0) is 42.8 Å². The number of benzene rings is 1. The highest BCUT2D eigenvalue weighted by Crippen LogP contribution is 2.23. The minimum absolute atomic E-state index is 0.0247. The fraction of sp³-hybridized carbons (Fsp3) is 0.333. The third kappa shape index (κ3) is 4.12. The average molecular weight is 339 g/mol. The van der Waals surface area contributed by atoms with E-state index in [0.717, 1.165) is 12.2 Å². The highest BCUT2D eigenvalue weighted by atomic mass is 16.2. The zero-order chi connectivity index (χ0) is 17.6. The van der Waals surface area contributed by atoms with Crippen LogP contribution in [-0.4, -0.2) is 41.6 Å². The Morgan fingerprint density at radius 3 is 2.60 bits per heavy atom. The fourth-order valence-corrected chi connectivity index (χ4v) is 2.58. The number of anilines is 2. The Hall–Kier alpha value is -2.96. The van der Waals surface area contributed by atoms with Crippen molar-refractivity contribution >= 4 is 23.3 Å². The van der Waals surface area contributed by atoms with Gasteiger partial charge in [-0.15, -0.1) is 5.10 Å². The summed E-state index contributed by atoms with van der Waals surface area (Å²) >= 11 is 0. The molecule has 2 heterocycles. The van der Waals surface area contributed by atoms with E-state index in [0.29, 0.717) is 30.9 Å². The Balaban J connectivity index is 1.50. The predicted molar refractivity (Wildman–Crippen MR) is 95.4 cm³/mol. The van der Waals surface area contributed by atoms with Crippen molar-refractivity contribution in [2.45, 2.75) is 13.3 Å². The van der Waals surface area contributed by atoms with Crippen molar-refractivity contribution in [3.05, 3.63) is 48.2 Å². The van der Waals surface area contributed by atoms with Crippen LogP contribution in [0.2, 0.25) is 0 Å². The highest BCUT2D eigenvalue weighted by molar-refractivity contribution is 5.96. The van der Waals surface area contributed by atoms with Crippen LogP contribution in [0.1, 0.15) is 23.7 Å². The molecule has 1 aliphatic heterocycles. The van der Waals surface area contributed by atoms with Crippen LogP contribution in [0.4, 0.5) is 11.5 Å². The molecule has 0 bridgehead atoms. The molecule has 0 saturated carbocycles. The number of amides is 2. The van der Waals surface area contributed by atoms with E-state index in [-0.39, 0.29) is 17.7 Å². The second kappa shape index (κ2) is 7.74. The normalized spacial score (nSPS) is 13.9. The number of carbonyl (C=O) groups excluding carboxylic acids is 2. The van der Waals surface area contributed by atoms with Crippen LogP contribution in [0.5, 0.6) is 0 Å². The van der Waals surface area contributed by atoms with Gasteiger partial charge in [-0.2, -0.15) is 5.10 Å². The Morgan fingerprint density at radius 2 is 1.96 bits per heavy atom. The van der Waals surface area contributed by atoms with Crippen molar-refractivity contribution in [1.29, 1.82) is 0 Å². The molecule has 2 aromatic rings. The lowest BCUT2D eigenvalue weighted by molar-refractivity contribution is -0.120. The summed E-state index contributed by atoms with van der Waals surface area (Å²) in [4.78, 5) is 26.1. The minimum atomic E-state index is -0.0988. The third-order valence-electron chi connectivity index (χ3n) is 4.08. The molecule has 1 saturated heterocycles. The number of nitrogens with one attached hydrogen (secondary N) is 2. The number of aromatic nitrogens is 2. The summed E-state index contributed by atoms with van der Waals surface area (Å²) in [6, 6.07) is 10.6. The molecule has 3 rings (SSSR count). The highest BCUT2D eigenvalue weighted by Gasteiger charge is 2.33. The number of nitrogens with zero attached hydrogens (tertiary/aromatic N) is 3. The minimum Gasteiger partial charge on any atom is -0.353 e. The summed E-state index contributed by atoms with van der Waals surface area (Å²) < 4.78 is 0. The number of hydrogen-bond donors (Lipinski definition) is 2. The number of carbonyl (C=O) groups is 2. The van der Waals surface area contributed by atoms with E-state index in [1.54, 1.807) is 30.5 Å². The third-order valence-corrected chi connectivity index (χ3v) is 4.08. The predicted octanol–water partition coefficient (Wildman–Crippen LogP) is 1.69. The van der Waals surface area contributed by atoms with Crippen molar-refractivity contribution in [2.24, 2.45) is 5.92 Å². The molecule has 2 amide bonds. The Morgan fingerprint density at radius 1 is 1.20 bits per heavy atom. The maximum Gasteiger partial charge on any atom is 0.251 e. The molecule has 0 atom stereocenters. The van der Waals surface area contributed by atoms with Gasteiger partial charge in [0.25, 0.3) is 5.91 Å². The second-order valence-electron chi connectivity index (χ2n) is 6.01. The molecule has 1 fully saturated rings. The smallest absolute Gasteiger partial charge is 0.251 e. The van der Waals surface area contributed by atoms with E-state index < -0.39 is 0 Å². The lowest BCUT2D eigenvalue weighted by Gasteiger charge is -2.38. The fourth-order valence-electron chi connectivity index (χ4n) is 2.58. The van der Waals surface area contributed by atoms with Crippen LogP contribution in [0.25, 0.3) is 0 Å². The first-order valence-corrected chi connectivity index (χ1v) is 8.39. The van der Waals surface area contributed by atoms with E-state index in [1.807, 2.05) is 24.0 Å². The molecule has 1 aromatic heterocycles. The van der Waals surface area contributed by atoms with Gasteiger partial charge in [-0.1, -0.05) is 6.92 Å². The molecule has 0 radical (unpaired) electrons. The zero-order valence-corrected chi connectivity index (χ0v) is 14.1. The van der Waals surface area contributed by atoms with Crippen molar-refractivity contribution < 1.29 is 9.59 Å². The van der Waals surface area contributed by atoms with Crippen molar-refractivity contribution in [3.8, 4) is 0 Å². The van der Waals surface area contributed by atoms with Crippen molar-refractivity contribution in [2.75, 3.05) is 29.9 Å². The van der Waals surface area contributed by atoms with Gasteiger partial charge in [0, 0.05) is 37.1 Å². The summed E-state index contributed by atoms with van der Waals surface area (Å²) in [6.45, 7) is 3.91. The lowest BCUT2D eigenvalue weighted by Crippen LogP contribution is -2.52. The second-order valence-corrected chi connectivity index (χ2v) is 6.01. The van der Waals surface area contributed by atoms with E-state index in [4.69, 9.17) is 0 Å². The molecular formula is C18H21N5O2. The van der Waals surface area contributed by atoms with Crippen LogP contribution in [0, 0.1) is 5.92 Å². The molecule has 0 unspecified atom stereocenters. The van der Waals surface area contributed by atoms with Crippen LogP contribution < -0.4 is 15.5 Å². The first-order chi connectivity index (χ1) is 12.2. The first kappa shape index (κ1) is 16.9. The lowest BCUT2D eigenvalue weighted by atomic mass is 9.99. The molecule has 7 heteroatoms. The Kier molecular flexibility index (Phi) is 5.23. The first-order valence-electron chi connectivity index (χ1n) is 8.39. The van der Waals surface area contributed by atoms with Crippen LogP contribution in [-0.2, 0) is 4.79 Å². The molecular weight excluding hydrogens is 318 g/mol. The van der Waals surface area contributed by atoms with E-state index in [2.05, 4.69) is 20.8 Å². The van der Waals surface area contributed by atoms with Gasteiger partial charge < -0.3 is 15.5 Å². The molecule has 130 valence electrons. The van der Waals surface area contributed by atoms with Gasteiger partial charge >= 0.3 is 0 Å². The maximum absolute atomic E-state index is 12.3. The molecule has 7 nitrogen and oxygen atoms in total.